The first-order valence-corrected chi connectivity index (χ1v) is 9.81. The predicted octanol–water partition coefficient (Wildman–Crippen LogP) is 2.59. The van der Waals surface area contributed by atoms with Crippen LogP contribution in [0.3, 0.4) is 0 Å². The van der Waals surface area contributed by atoms with E-state index in [9.17, 15) is 18.5 Å². The molecule has 0 saturated carbocycles. The summed E-state index contributed by atoms with van der Waals surface area (Å²) in [6.07, 6.45) is 0.548. The van der Waals surface area contributed by atoms with Crippen molar-refractivity contribution in [1.29, 1.82) is 0 Å². The maximum Gasteiger partial charge on any atom is 0.273 e. The van der Waals surface area contributed by atoms with Crippen LogP contribution in [0.2, 0.25) is 0 Å². The Hall–Kier alpha value is -0.900. The molecule has 1 heterocycles. The van der Waals surface area contributed by atoms with Gasteiger partial charge in [0, 0.05) is 28.3 Å². The van der Waals surface area contributed by atoms with Gasteiger partial charge in [-0.15, -0.1) is 0 Å². The van der Waals surface area contributed by atoms with Gasteiger partial charge in [0.05, 0.1) is 22.1 Å². The highest BCUT2D eigenvalue weighted by Crippen LogP contribution is 2.33. The number of halogens is 1. The second-order valence-electron chi connectivity index (χ2n) is 5.71. The monoisotopic (exact) mass is 437 g/mol. The molecule has 0 aliphatic carbocycles. The fraction of sp³-hybridized carbons (Fsp3) is 0.500. The van der Waals surface area contributed by atoms with Gasteiger partial charge in [0.25, 0.3) is 5.69 Å². The number of nitro benzene ring substituents is 1. The number of hydrogen-bond acceptors (Lipinski definition) is 5. The molecule has 1 aliphatic heterocycles. The van der Waals surface area contributed by atoms with Crippen molar-refractivity contribution in [3.8, 4) is 0 Å². The molecule has 1 radical (unpaired) electrons. The molecule has 22 heavy (non-hydrogen) atoms. The van der Waals surface area contributed by atoms with E-state index in [0.717, 1.165) is 15.2 Å². The lowest BCUT2D eigenvalue weighted by molar-refractivity contribution is -0.385. The highest BCUT2D eigenvalue weighted by atomic mass is 127. The fourth-order valence-corrected chi connectivity index (χ4v) is 4.48. The number of rotatable bonds is 4. The van der Waals surface area contributed by atoms with Crippen molar-refractivity contribution < 1.29 is 13.3 Å². The summed E-state index contributed by atoms with van der Waals surface area (Å²) in [6.45, 7) is 4.75. The summed E-state index contributed by atoms with van der Waals surface area (Å²) in [7, 11) is -2.94. The molecule has 2 rings (SSSR count). The van der Waals surface area contributed by atoms with Crippen molar-refractivity contribution in [2.75, 3.05) is 29.5 Å². The van der Waals surface area contributed by atoms with Gasteiger partial charge in [-0.25, -0.2) is 8.42 Å². The van der Waals surface area contributed by atoms with E-state index in [4.69, 9.17) is 0 Å². The van der Waals surface area contributed by atoms with E-state index in [1.165, 1.54) is 0 Å². The van der Waals surface area contributed by atoms with Crippen LogP contribution in [0.1, 0.15) is 19.4 Å². The third kappa shape index (κ3) is 4.09. The Morgan fingerprint density at radius 1 is 1.32 bits per heavy atom. The summed E-state index contributed by atoms with van der Waals surface area (Å²) < 4.78 is 23.9. The van der Waals surface area contributed by atoms with Crippen LogP contribution in [-0.2, 0) is 16.3 Å². The zero-order valence-electron chi connectivity index (χ0n) is 12.5. The number of benzene rings is 1. The topological polar surface area (TPSA) is 80.5 Å². The third-order valence-electron chi connectivity index (χ3n) is 3.57. The maximum atomic E-state index is 11.5. The summed E-state index contributed by atoms with van der Waals surface area (Å²) in [5.74, 6) is 1.36. The van der Waals surface area contributed by atoms with Gasteiger partial charge in [0.2, 0.25) is 0 Å². The van der Waals surface area contributed by atoms with Crippen LogP contribution in [0.15, 0.2) is 12.1 Å². The second-order valence-corrected chi connectivity index (χ2v) is 9.18. The lowest BCUT2D eigenvalue weighted by Crippen LogP contribution is -2.40. The first-order chi connectivity index (χ1) is 10.2. The first kappa shape index (κ1) is 17.5. The Bertz CT molecular complexity index is 674. The lowest BCUT2D eigenvalue weighted by Gasteiger charge is -2.30. The summed E-state index contributed by atoms with van der Waals surface area (Å²) in [5, 5.41) is 11.2. The number of nitrogens with zero attached hydrogens (tertiary/aromatic N) is 2. The third-order valence-corrected chi connectivity index (χ3v) is 6.05. The van der Waals surface area contributed by atoms with E-state index in [2.05, 4.69) is 22.6 Å². The average molecular weight is 437 g/mol. The number of nitro groups is 1. The van der Waals surface area contributed by atoms with Crippen LogP contribution in [0.25, 0.3) is 0 Å². The van der Waals surface area contributed by atoms with Crippen molar-refractivity contribution in [1.82, 2.24) is 0 Å². The second kappa shape index (κ2) is 6.69. The van der Waals surface area contributed by atoms with Gasteiger partial charge in [-0.3, -0.25) is 10.1 Å². The molecule has 1 aromatic rings. The van der Waals surface area contributed by atoms with E-state index in [0.29, 0.717) is 25.1 Å². The summed E-state index contributed by atoms with van der Waals surface area (Å²) in [6, 6.07) is 3.42. The van der Waals surface area contributed by atoms with E-state index >= 15 is 0 Å². The van der Waals surface area contributed by atoms with Gasteiger partial charge in [0.1, 0.15) is 0 Å². The SMILES string of the molecule is C[C](C)Cc1cc(N2CCS(=O)(=O)CC2)c(I)cc1[N+](=O)[O-]. The van der Waals surface area contributed by atoms with Gasteiger partial charge < -0.3 is 4.90 Å². The van der Waals surface area contributed by atoms with Gasteiger partial charge in [0.15, 0.2) is 9.84 Å². The minimum atomic E-state index is -2.94. The Morgan fingerprint density at radius 3 is 2.41 bits per heavy atom. The molecule has 1 aromatic carbocycles. The zero-order chi connectivity index (χ0) is 16.5. The molecule has 0 amide bonds. The molecule has 0 N–H and O–H groups in total. The van der Waals surface area contributed by atoms with Crippen LogP contribution >= 0.6 is 22.6 Å². The predicted molar refractivity (Wildman–Crippen MR) is 95.0 cm³/mol. The largest absolute Gasteiger partial charge is 0.369 e. The molecule has 1 saturated heterocycles. The number of hydrogen-bond donors (Lipinski definition) is 0. The molecule has 0 bridgehead atoms. The standard InChI is InChI=1S/C14H18IN2O4S/c1-10(2)7-11-8-14(12(15)9-13(11)17(18)19)16-3-5-22(20,21)6-4-16/h8-9H,3-7H2,1-2H3. The van der Waals surface area contributed by atoms with Crippen molar-refractivity contribution in [3.05, 3.63) is 37.3 Å². The van der Waals surface area contributed by atoms with Crippen LogP contribution in [0, 0.1) is 19.6 Å². The quantitative estimate of drug-likeness (QED) is 0.411. The first-order valence-electron chi connectivity index (χ1n) is 6.91. The molecule has 1 aliphatic rings. The van der Waals surface area contributed by atoms with Crippen LogP contribution < -0.4 is 4.90 Å². The van der Waals surface area contributed by atoms with E-state index in [-0.39, 0.29) is 22.1 Å². The molecule has 0 aromatic heterocycles. The van der Waals surface area contributed by atoms with Crippen molar-refractivity contribution in [2.45, 2.75) is 20.3 Å². The summed E-state index contributed by atoms with van der Waals surface area (Å²) >= 11 is 2.08. The van der Waals surface area contributed by atoms with Gasteiger partial charge in [-0.05, 0) is 41.0 Å². The Kier molecular flexibility index (Phi) is 5.31. The number of sulfone groups is 1. The molecule has 8 heteroatoms. The number of anilines is 1. The summed E-state index contributed by atoms with van der Waals surface area (Å²) in [5.41, 5.74) is 1.69. The van der Waals surface area contributed by atoms with Gasteiger partial charge in [-0.2, -0.15) is 0 Å². The van der Waals surface area contributed by atoms with Crippen LogP contribution in [-0.4, -0.2) is 37.9 Å². The average Bonchev–Trinajstić information content (AvgIpc) is 2.40. The van der Waals surface area contributed by atoms with E-state index in [1.54, 1.807) is 6.07 Å². The van der Waals surface area contributed by atoms with Crippen LogP contribution in [0.5, 0.6) is 0 Å². The minimum absolute atomic E-state index is 0.124. The van der Waals surface area contributed by atoms with E-state index in [1.807, 2.05) is 24.8 Å². The minimum Gasteiger partial charge on any atom is -0.369 e. The molecule has 0 unspecified atom stereocenters. The van der Waals surface area contributed by atoms with Crippen molar-refractivity contribution in [2.24, 2.45) is 0 Å². The van der Waals surface area contributed by atoms with Crippen molar-refractivity contribution in [3.63, 3.8) is 0 Å². The summed E-state index contributed by atoms with van der Waals surface area (Å²) in [4.78, 5) is 12.9. The molecular formula is C14H18IN2O4S. The molecule has 6 nitrogen and oxygen atoms in total. The lowest BCUT2D eigenvalue weighted by atomic mass is 10.0. The molecular weight excluding hydrogens is 419 g/mol. The molecule has 121 valence electrons. The highest BCUT2D eigenvalue weighted by Gasteiger charge is 2.25. The maximum absolute atomic E-state index is 11.5. The Labute approximate surface area is 144 Å². The fourth-order valence-electron chi connectivity index (χ4n) is 2.48. The normalized spacial score (nSPS) is 17.7. The Morgan fingerprint density at radius 2 is 1.91 bits per heavy atom. The van der Waals surface area contributed by atoms with Crippen molar-refractivity contribution >= 4 is 43.8 Å². The molecule has 0 spiro atoms. The van der Waals surface area contributed by atoms with Gasteiger partial charge in [-0.1, -0.05) is 13.8 Å². The van der Waals surface area contributed by atoms with Crippen LogP contribution in [0.4, 0.5) is 11.4 Å². The molecule has 1 fully saturated rings. The zero-order valence-corrected chi connectivity index (χ0v) is 15.5. The van der Waals surface area contributed by atoms with E-state index < -0.39 is 9.84 Å². The smallest absolute Gasteiger partial charge is 0.273 e. The molecule has 0 atom stereocenters. The highest BCUT2D eigenvalue weighted by molar-refractivity contribution is 14.1. The Balaban J connectivity index is 2.38. The van der Waals surface area contributed by atoms with Gasteiger partial charge >= 0.3 is 0 Å².